The summed E-state index contributed by atoms with van der Waals surface area (Å²) in [6.45, 7) is 8.14. The molecule has 5 heteroatoms. The van der Waals surface area contributed by atoms with Crippen LogP contribution in [0.25, 0.3) is 0 Å². The van der Waals surface area contributed by atoms with E-state index in [0.29, 0.717) is 18.3 Å². The van der Waals surface area contributed by atoms with Gasteiger partial charge in [-0.1, -0.05) is 6.92 Å². The molecule has 0 bridgehead atoms. The average Bonchev–Trinajstić information content (AvgIpc) is 3.05. The van der Waals surface area contributed by atoms with Gasteiger partial charge in [-0.2, -0.15) is 0 Å². The first-order valence-electron chi connectivity index (χ1n) is 7.93. The van der Waals surface area contributed by atoms with Crippen LogP contribution in [0.2, 0.25) is 0 Å². The predicted molar refractivity (Wildman–Crippen MR) is 85.6 cm³/mol. The summed E-state index contributed by atoms with van der Waals surface area (Å²) in [6, 6.07) is 4.09. The Balaban J connectivity index is 1.84. The maximum Gasteiger partial charge on any atom is 0.270 e. The summed E-state index contributed by atoms with van der Waals surface area (Å²) < 4.78 is 0. The number of carbonyl (C=O) groups is 1. The Morgan fingerprint density at radius 1 is 1.43 bits per heavy atom. The van der Waals surface area contributed by atoms with Crippen molar-refractivity contribution in [1.29, 1.82) is 0 Å². The molecule has 1 aromatic rings. The van der Waals surface area contributed by atoms with Gasteiger partial charge in [0, 0.05) is 31.0 Å². The molecule has 1 fully saturated rings. The van der Waals surface area contributed by atoms with Crippen LogP contribution in [0.4, 0.5) is 5.69 Å². The number of carbonyl (C=O) groups excluding carboxylic acids is 1. The number of likely N-dealkylation sites (tertiary alicyclic amines) is 1. The van der Waals surface area contributed by atoms with Crippen LogP contribution in [-0.2, 0) is 0 Å². The minimum absolute atomic E-state index is 0.0961. The van der Waals surface area contributed by atoms with Gasteiger partial charge < -0.3 is 10.6 Å². The van der Waals surface area contributed by atoms with E-state index in [1.165, 1.54) is 12.8 Å². The lowest BCUT2D eigenvalue weighted by molar-refractivity contribution is 0.0935. The molecule has 0 aliphatic carbocycles. The van der Waals surface area contributed by atoms with Crippen LogP contribution in [0, 0.1) is 0 Å². The van der Waals surface area contributed by atoms with E-state index in [9.17, 15) is 4.79 Å². The Kier molecular flexibility index (Phi) is 5.99. The third kappa shape index (κ3) is 4.70. The molecule has 116 valence electrons. The highest BCUT2D eigenvalue weighted by Gasteiger charge is 2.18. The summed E-state index contributed by atoms with van der Waals surface area (Å²) in [4.78, 5) is 18.8. The highest BCUT2D eigenvalue weighted by molar-refractivity contribution is 5.93. The van der Waals surface area contributed by atoms with Crippen molar-refractivity contribution in [2.75, 3.05) is 31.5 Å². The third-order valence-electron chi connectivity index (χ3n) is 3.89. The molecule has 5 nitrogen and oxygen atoms in total. The van der Waals surface area contributed by atoms with Crippen molar-refractivity contribution >= 4 is 11.6 Å². The maximum absolute atomic E-state index is 12.2. The van der Waals surface area contributed by atoms with Gasteiger partial charge in [0.15, 0.2) is 0 Å². The molecular formula is C16H26N4O. The number of nitrogens with one attached hydrogen (secondary N) is 2. The molecular weight excluding hydrogens is 264 g/mol. The van der Waals surface area contributed by atoms with Crippen molar-refractivity contribution in [3.8, 4) is 0 Å². The van der Waals surface area contributed by atoms with Gasteiger partial charge in [0.2, 0.25) is 0 Å². The number of hydrogen-bond acceptors (Lipinski definition) is 4. The van der Waals surface area contributed by atoms with Crippen molar-refractivity contribution in [2.45, 2.75) is 39.2 Å². The number of hydrogen-bond donors (Lipinski definition) is 2. The summed E-state index contributed by atoms with van der Waals surface area (Å²) in [5, 5.41) is 6.26. The summed E-state index contributed by atoms with van der Waals surface area (Å²) in [7, 11) is 0. The van der Waals surface area contributed by atoms with Gasteiger partial charge in [-0.25, -0.2) is 0 Å². The van der Waals surface area contributed by atoms with Crippen LogP contribution < -0.4 is 10.6 Å². The molecule has 2 rings (SSSR count). The molecule has 1 aliphatic rings. The van der Waals surface area contributed by atoms with Gasteiger partial charge in [-0.3, -0.25) is 14.7 Å². The quantitative estimate of drug-likeness (QED) is 0.807. The molecule has 1 amide bonds. The Bertz CT molecular complexity index is 457. The van der Waals surface area contributed by atoms with E-state index in [4.69, 9.17) is 0 Å². The number of amides is 1. The monoisotopic (exact) mass is 290 g/mol. The van der Waals surface area contributed by atoms with Gasteiger partial charge in [-0.15, -0.1) is 0 Å². The zero-order chi connectivity index (χ0) is 15.1. The lowest BCUT2D eigenvalue weighted by Crippen LogP contribution is -2.40. The fourth-order valence-electron chi connectivity index (χ4n) is 2.58. The molecule has 1 unspecified atom stereocenters. The van der Waals surface area contributed by atoms with Gasteiger partial charge in [0.25, 0.3) is 5.91 Å². The zero-order valence-electron chi connectivity index (χ0n) is 13.1. The SMILES string of the molecule is CCCNc1ccnc(C(=O)NCC(C)N2CCCC2)c1. The molecule has 1 atom stereocenters. The number of anilines is 1. The minimum Gasteiger partial charge on any atom is -0.385 e. The van der Waals surface area contributed by atoms with Crippen LogP contribution in [-0.4, -0.2) is 48.0 Å². The minimum atomic E-state index is -0.0961. The molecule has 1 aliphatic heterocycles. The second kappa shape index (κ2) is 7.98. The van der Waals surface area contributed by atoms with Gasteiger partial charge in [-0.05, 0) is 51.4 Å². The van der Waals surface area contributed by atoms with Gasteiger partial charge in [0.05, 0.1) is 0 Å². The fourth-order valence-corrected chi connectivity index (χ4v) is 2.58. The Morgan fingerprint density at radius 3 is 2.90 bits per heavy atom. The molecule has 1 aromatic heterocycles. The van der Waals surface area contributed by atoms with E-state index in [1.807, 2.05) is 12.1 Å². The Labute approximate surface area is 127 Å². The summed E-state index contributed by atoms with van der Waals surface area (Å²) in [5.41, 5.74) is 1.43. The topological polar surface area (TPSA) is 57.3 Å². The predicted octanol–water partition coefficient (Wildman–Crippen LogP) is 2.12. The van der Waals surface area contributed by atoms with Crippen LogP contribution in [0.3, 0.4) is 0 Å². The molecule has 2 heterocycles. The number of nitrogens with zero attached hydrogens (tertiary/aromatic N) is 2. The average molecular weight is 290 g/mol. The highest BCUT2D eigenvalue weighted by atomic mass is 16.1. The standard InChI is InChI=1S/C16H26N4O/c1-3-7-17-14-6-8-18-15(11-14)16(21)19-12-13(2)20-9-4-5-10-20/h6,8,11,13H,3-5,7,9-10,12H2,1-2H3,(H,17,18)(H,19,21). The van der Waals surface area contributed by atoms with E-state index in [1.54, 1.807) is 6.20 Å². The van der Waals surface area contributed by atoms with E-state index < -0.39 is 0 Å². The fraction of sp³-hybridized carbons (Fsp3) is 0.625. The number of pyridine rings is 1. The van der Waals surface area contributed by atoms with E-state index in [2.05, 4.69) is 34.4 Å². The first-order chi connectivity index (χ1) is 10.2. The number of aromatic nitrogens is 1. The summed E-state index contributed by atoms with van der Waals surface area (Å²) in [5.74, 6) is -0.0961. The molecule has 2 N–H and O–H groups in total. The molecule has 21 heavy (non-hydrogen) atoms. The second-order valence-electron chi connectivity index (χ2n) is 5.66. The summed E-state index contributed by atoms with van der Waals surface area (Å²) >= 11 is 0. The second-order valence-corrected chi connectivity index (χ2v) is 5.66. The largest absolute Gasteiger partial charge is 0.385 e. The highest BCUT2D eigenvalue weighted by Crippen LogP contribution is 2.11. The van der Waals surface area contributed by atoms with Crippen molar-refractivity contribution in [3.05, 3.63) is 24.0 Å². The zero-order valence-corrected chi connectivity index (χ0v) is 13.1. The molecule has 0 radical (unpaired) electrons. The first kappa shape index (κ1) is 15.8. The number of rotatable bonds is 7. The first-order valence-corrected chi connectivity index (χ1v) is 7.93. The summed E-state index contributed by atoms with van der Waals surface area (Å²) in [6.07, 6.45) is 5.27. The van der Waals surface area contributed by atoms with Gasteiger partial charge >= 0.3 is 0 Å². The third-order valence-corrected chi connectivity index (χ3v) is 3.89. The van der Waals surface area contributed by atoms with Crippen molar-refractivity contribution in [1.82, 2.24) is 15.2 Å². The Hall–Kier alpha value is -1.62. The van der Waals surface area contributed by atoms with Crippen LogP contribution >= 0.6 is 0 Å². The smallest absolute Gasteiger partial charge is 0.270 e. The van der Waals surface area contributed by atoms with E-state index in [0.717, 1.165) is 31.7 Å². The lowest BCUT2D eigenvalue weighted by atomic mass is 10.2. The normalized spacial score (nSPS) is 16.7. The van der Waals surface area contributed by atoms with E-state index in [-0.39, 0.29) is 5.91 Å². The molecule has 0 spiro atoms. The van der Waals surface area contributed by atoms with E-state index >= 15 is 0 Å². The Morgan fingerprint density at radius 2 is 2.19 bits per heavy atom. The van der Waals surface area contributed by atoms with Crippen LogP contribution in [0.5, 0.6) is 0 Å². The van der Waals surface area contributed by atoms with Crippen LogP contribution in [0.15, 0.2) is 18.3 Å². The van der Waals surface area contributed by atoms with Crippen molar-refractivity contribution in [3.63, 3.8) is 0 Å². The van der Waals surface area contributed by atoms with Crippen molar-refractivity contribution < 1.29 is 4.79 Å². The molecule has 0 aromatic carbocycles. The molecule has 1 saturated heterocycles. The van der Waals surface area contributed by atoms with Gasteiger partial charge in [0.1, 0.15) is 5.69 Å². The van der Waals surface area contributed by atoms with Crippen molar-refractivity contribution in [2.24, 2.45) is 0 Å². The molecule has 0 saturated carbocycles. The van der Waals surface area contributed by atoms with Crippen LogP contribution in [0.1, 0.15) is 43.6 Å². The maximum atomic E-state index is 12.2. The lowest BCUT2D eigenvalue weighted by Gasteiger charge is -2.23.